The number of halogens is 2. The first-order valence-corrected chi connectivity index (χ1v) is 10.1. The van der Waals surface area contributed by atoms with Crippen molar-refractivity contribution in [1.29, 1.82) is 0 Å². The number of imide groups is 1. The lowest BCUT2D eigenvalue weighted by Crippen LogP contribution is -2.27. The van der Waals surface area contributed by atoms with Crippen molar-refractivity contribution in [3.63, 3.8) is 0 Å². The molecule has 0 radical (unpaired) electrons. The molecule has 0 N–H and O–H groups in total. The molecule has 26 heavy (non-hydrogen) atoms. The van der Waals surface area contributed by atoms with Crippen LogP contribution in [0, 0.1) is 6.92 Å². The maximum Gasteiger partial charge on any atom is 0.293 e. The molecule has 1 aliphatic heterocycles. The number of ether oxygens (including phenoxy) is 1. The Morgan fingerprint density at radius 3 is 2.62 bits per heavy atom. The van der Waals surface area contributed by atoms with Crippen LogP contribution < -0.4 is 4.74 Å². The molecule has 2 aromatic rings. The van der Waals surface area contributed by atoms with Crippen molar-refractivity contribution in [2.24, 2.45) is 0 Å². The van der Waals surface area contributed by atoms with Crippen molar-refractivity contribution in [2.45, 2.75) is 13.5 Å². The molecule has 1 fully saturated rings. The number of nitrogens with zero attached hydrogens (tertiary/aromatic N) is 1. The van der Waals surface area contributed by atoms with Crippen molar-refractivity contribution >= 4 is 60.8 Å². The summed E-state index contributed by atoms with van der Waals surface area (Å²) in [4.78, 5) is 26.8. The topological polar surface area (TPSA) is 46.6 Å². The van der Waals surface area contributed by atoms with E-state index in [9.17, 15) is 9.59 Å². The first-order valence-electron chi connectivity index (χ1n) is 7.73. The number of carbonyl (C=O) groups excluding carboxylic acids is 2. The van der Waals surface area contributed by atoms with Crippen LogP contribution in [0.25, 0.3) is 6.08 Å². The maximum atomic E-state index is 12.8. The van der Waals surface area contributed by atoms with Gasteiger partial charge in [-0.2, -0.15) is 0 Å². The molecule has 0 aromatic heterocycles. The largest absolute Gasteiger partial charge is 0.495 e. The Hall–Kier alpha value is -1.57. The van der Waals surface area contributed by atoms with Crippen LogP contribution in [0.15, 0.2) is 50.2 Å². The first-order chi connectivity index (χ1) is 12.4. The van der Waals surface area contributed by atoms with Crippen LogP contribution in [-0.2, 0) is 11.3 Å². The smallest absolute Gasteiger partial charge is 0.293 e. The number of rotatable bonds is 4. The summed E-state index contributed by atoms with van der Waals surface area (Å²) in [5.74, 6) is 0.320. The molecule has 2 amide bonds. The number of thioether (sulfide) groups is 1. The SMILES string of the molecule is COc1c(Br)cc(Br)cc1/C=C1\SC(=O)N(Cc2ccccc2C)C1=O. The highest BCUT2D eigenvalue weighted by atomic mass is 79.9. The molecule has 3 rings (SSSR count). The molecular weight excluding hydrogens is 482 g/mol. The number of aryl methyl sites for hydroxylation is 1. The molecule has 2 aromatic carbocycles. The normalized spacial score (nSPS) is 15.8. The van der Waals surface area contributed by atoms with Gasteiger partial charge in [-0.05, 0) is 64.0 Å². The summed E-state index contributed by atoms with van der Waals surface area (Å²) in [6.45, 7) is 2.24. The molecule has 7 heteroatoms. The van der Waals surface area contributed by atoms with E-state index in [-0.39, 0.29) is 17.7 Å². The molecular formula is C19H15Br2NO3S. The zero-order valence-corrected chi connectivity index (χ0v) is 18.1. The fourth-order valence-electron chi connectivity index (χ4n) is 2.64. The summed E-state index contributed by atoms with van der Waals surface area (Å²) in [5.41, 5.74) is 2.72. The second-order valence-electron chi connectivity index (χ2n) is 5.70. The lowest BCUT2D eigenvalue weighted by molar-refractivity contribution is -0.123. The van der Waals surface area contributed by atoms with Gasteiger partial charge in [0.25, 0.3) is 11.1 Å². The summed E-state index contributed by atoms with van der Waals surface area (Å²) < 4.78 is 7.02. The van der Waals surface area contributed by atoms with Gasteiger partial charge in [0.15, 0.2) is 0 Å². The highest BCUT2D eigenvalue weighted by Gasteiger charge is 2.35. The molecule has 0 aliphatic carbocycles. The minimum absolute atomic E-state index is 0.266. The Labute approximate surface area is 172 Å². The third-order valence-corrected chi connectivity index (χ3v) is 5.95. The molecule has 0 saturated carbocycles. The van der Waals surface area contributed by atoms with Crippen molar-refractivity contribution in [2.75, 3.05) is 7.11 Å². The molecule has 4 nitrogen and oxygen atoms in total. The van der Waals surface area contributed by atoms with Gasteiger partial charge in [0, 0.05) is 10.0 Å². The molecule has 0 bridgehead atoms. The Morgan fingerprint density at radius 1 is 1.19 bits per heavy atom. The van der Waals surface area contributed by atoms with E-state index in [4.69, 9.17) is 4.74 Å². The fraction of sp³-hybridized carbons (Fsp3) is 0.158. The fourth-order valence-corrected chi connectivity index (χ4v) is 4.89. The Balaban J connectivity index is 1.92. The van der Waals surface area contributed by atoms with Crippen molar-refractivity contribution < 1.29 is 14.3 Å². The third-order valence-electron chi connectivity index (χ3n) is 3.99. The average Bonchev–Trinajstić information content (AvgIpc) is 2.84. The van der Waals surface area contributed by atoms with Crippen LogP contribution in [0.4, 0.5) is 4.79 Å². The predicted molar refractivity (Wildman–Crippen MR) is 111 cm³/mol. The van der Waals surface area contributed by atoms with E-state index >= 15 is 0 Å². The molecule has 1 heterocycles. The Bertz CT molecular complexity index is 927. The van der Waals surface area contributed by atoms with Crippen molar-refractivity contribution in [1.82, 2.24) is 4.90 Å². The highest BCUT2D eigenvalue weighted by Crippen LogP contribution is 2.38. The molecule has 0 unspecified atom stereocenters. The zero-order valence-electron chi connectivity index (χ0n) is 14.1. The van der Waals surface area contributed by atoms with Gasteiger partial charge in [-0.15, -0.1) is 0 Å². The van der Waals surface area contributed by atoms with Crippen LogP contribution in [0.3, 0.4) is 0 Å². The van der Waals surface area contributed by atoms with E-state index in [0.717, 1.165) is 37.4 Å². The molecule has 0 spiro atoms. The van der Waals surface area contributed by atoms with Gasteiger partial charge in [-0.1, -0.05) is 40.2 Å². The summed E-state index contributed by atoms with van der Waals surface area (Å²) in [6, 6.07) is 11.4. The van der Waals surface area contributed by atoms with Crippen LogP contribution in [-0.4, -0.2) is 23.2 Å². The van der Waals surface area contributed by atoms with Crippen LogP contribution in [0.1, 0.15) is 16.7 Å². The molecule has 1 saturated heterocycles. The summed E-state index contributed by atoms with van der Waals surface area (Å²) in [7, 11) is 1.56. The molecule has 0 atom stereocenters. The van der Waals surface area contributed by atoms with Gasteiger partial charge in [0.1, 0.15) is 5.75 Å². The number of carbonyl (C=O) groups is 2. The average molecular weight is 497 g/mol. The molecule has 1 aliphatic rings. The maximum absolute atomic E-state index is 12.8. The van der Waals surface area contributed by atoms with Gasteiger partial charge < -0.3 is 4.74 Å². The van der Waals surface area contributed by atoms with Gasteiger partial charge in [0.2, 0.25) is 0 Å². The van der Waals surface area contributed by atoms with Crippen LogP contribution in [0.2, 0.25) is 0 Å². The number of methoxy groups -OCH3 is 1. The quantitative estimate of drug-likeness (QED) is 0.504. The number of amides is 2. The van der Waals surface area contributed by atoms with Crippen molar-refractivity contribution in [3.05, 3.63) is 66.9 Å². The second-order valence-corrected chi connectivity index (χ2v) is 8.47. The highest BCUT2D eigenvalue weighted by molar-refractivity contribution is 9.11. The van der Waals surface area contributed by atoms with Gasteiger partial charge >= 0.3 is 0 Å². The first kappa shape index (κ1) is 19.2. The van der Waals surface area contributed by atoms with E-state index in [1.54, 1.807) is 13.2 Å². The summed E-state index contributed by atoms with van der Waals surface area (Å²) in [6.07, 6.45) is 1.69. The lowest BCUT2D eigenvalue weighted by atomic mass is 10.1. The van der Waals surface area contributed by atoms with E-state index < -0.39 is 0 Å². The van der Waals surface area contributed by atoms with Gasteiger partial charge in [-0.25, -0.2) is 0 Å². The van der Waals surface area contributed by atoms with Crippen molar-refractivity contribution in [3.8, 4) is 5.75 Å². The standard InChI is InChI=1S/C19H15Br2NO3S/c1-11-5-3-4-6-12(11)10-22-18(23)16(26-19(22)24)8-13-7-14(20)9-15(21)17(13)25-2/h3-9H,10H2,1-2H3/b16-8-. The molecule has 134 valence electrons. The van der Waals surface area contributed by atoms with Crippen LogP contribution in [0.5, 0.6) is 5.75 Å². The predicted octanol–water partition coefficient (Wildman–Crippen LogP) is 5.77. The zero-order chi connectivity index (χ0) is 18.8. The van der Waals surface area contributed by atoms with E-state index in [1.165, 1.54) is 4.90 Å². The van der Waals surface area contributed by atoms with Gasteiger partial charge in [-0.3, -0.25) is 14.5 Å². The number of hydrogen-bond donors (Lipinski definition) is 0. The Kier molecular flexibility index (Phi) is 5.89. The van der Waals surface area contributed by atoms with Crippen LogP contribution >= 0.6 is 43.6 Å². The minimum Gasteiger partial charge on any atom is -0.495 e. The van der Waals surface area contributed by atoms with E-state index in [1.807, 2.05) is 43.3 Å². The summed E-state index contributed by atoms with van der Waals surface area (Å²) in [5, 5.41) is -0.266. The monoisotopic (exact) mass is 495 g/mol. The van der Waals surface area contributed by atoms with E-state index in [0.29, 0.717) is 10.7 Å². The van der Waals surface area contributed by atoms with Gasteiger partial charge in [0.05, 0.1) is 23.0 Å². The Morgan fingerprint density at radius 2 is 1.92 bits per heavy atom. The van der Waals surface area contributed by atoms with E-state index in [2.05, 4.69) is 31.9 Å². The minimum atomic E-state index is -0.290. The third kappa shape index (κ3) is 3.89. The summed E-state index contributed by atoms with van der Waals surface area (Å²) >= 11 is 7.82. The lowest BCUT2D eigenvalue weighted by Gasteiger charge is -2.14. The second kappa shape index (κ2) is 7.98. The number of hydrogen-bond acceptors (Lipinski definition) is 4. The number of benzene rings is 2.